The fourth-order valence-electron chi connectivity index (χ4n) is 3.05. The molecule has 1 aliphatic rings. The molecule has 1 aromatic heterocycles. The van der Waals surface area contributed by atoms with Gasteiger partial charge in [0.25, 0.3) is 0 Å². The molecule has 0 N–H and O–H groups in total. The summed E-state index contributed by atoms with van der Waals surface area (Å²) >= 11 is 0. The van der Waals surface area contributed by atoms with E-state index in [0.29, 0.717) is 5.92 Å². The quantitative estimate of drug-likeness (QED) is 0.815. The molecule has 0 radical (unpaired) electrons. The first-order valence-electron chi connectivity index (χ1n) is 7.03. The SMILES string of the molecule is Cc1nc(C)c(CC2CCc3ccccc32)nc1C. The van der Waals surface area contributed by atoms with Gasteiger partial charge in [0.1, 0.15) is 0 Å². The maximum absolute atomic E-state index is 4.75. The fraction of sp³-hybridized carbons (Fsp3) is 0.412. The number of hydrogen-bond acceptors (Lipinski definition) is 2. The molecule has 98 valence electrons. The molecule has 1 unspecified atom stereocenters. The van der Waals surface area contributed by atoms with Crippen LogP contribution in [-0.4, -0.2) is 9.97 Å². The Balaban J connectivity index is 1.89. The summed E-state index contributed by atoms with van der Waals surface area (Å²) < 4.78 is 0. The molecule has 0 aliphatic heterocycles. The summed E-state index contributed by atoms with van der Waals surface area (Å²) in [6, 6.07) is 8.82. The van der Waals surface area contributed by atoms with E-state index in [1.807, 2.05) is 13.8 Å². The van der Waals surface area contributed by atoms with Crippen LogP contribution in [0.5, 0.6) is 0 Å². The molecule has 0 bridgehead atoms. The molecule has 2 nitrogen and oxygen atoms in total. The molecule has 3 rings (SSSR count). The van der Waals surface area contributed by atoms with Crippen molar-refractivity contribution in [1.29, 1.82) is 0 Å². The maximum atomic E-state index is 4.75. The molecule has 1 aromatic carbocycles. The van der Waals surface area contributed by atoms with Gasteiger partial charge in [0.05, 0.1) is 22.8 Å². The molecule has 19 heavy (non-hydrogen) atoms. The van der Waals surface area contributed by atoms with E-state index in [4.69, 9.17) is 4.98 Å². The van der Waals surface area contributed by atoms with E-state index in [9.17, 15) is 0 Å². The molecule has 0 saturated carbocycles. The minimum atomic E-state index is 0.617. The van der Waals surface area contributed by atoms with Gasteiger partial charge in [-0.1, -0.05) is 24.3 Å². The molecule has 1 aliphatic carbocycles. The third kappa shape index (κ3) is 2.27. The van der Waals surface area contributed by atoms with Crippen LogP contribution in [-0.2, 0) is 12.8 Å². The first kappa shape index (κ1) is 12.3. The summed E-state index contributed by atoms with van der Waals surface area (Å²) in [7, 11) is 0. The monoisotopic (exact) mass is 252 g/mol. The molecular weight excluding hydrogens is 232 g/mol. The third-order valence-electron chi connectivity index (χ3n) is 4.28. The van der Waals surface area contributed by atoms with Gasteiger partial charge in [0.15, 0.2) is 0 Å². The van der Waals surface area contributed by atoms with E-state index in [1.165, 1.54) is 29.7 Å². The summed E-state index contributed by atoms with van der Waals surface area (Å²) in [6.45, 7) is 6.16. The number of aryl methyl sites for hydroxylation is 4. The van der Waals surface area contributed by atoms with Crippen LogP contribution < -0.4 is 0 Å². The van der Waals surface area contributed by atoms with Crippen molar-refractivity contribution < 1.29 is 0 Å². The Morgan fingerprint density at radius 1 is 1.00 bits per heavy atom. The Bertz CT molecular complexity index is 617. The first-order chi connectivity index (χ1) is 9.15. The topological polar surface area (TPSA) is 25.8 Å². The van der Waals surface area contributed by atoms with Gasteiger partial charge in [-0.15, -0.1) is 0 Å². The van der Waals surface area contributed by atoms with E-state index in [1.54, 1.807) is 0 Å². The highest BCUT2D eigenvalue weighted by molar-refractivity contribution is 5.36. The van der Waals surface area contributed by atoms with Gasteiger partial charge >= 0.3 is 0 Å². The number of fused-ring (bicyclic) bond motifs is 1. The van der Waals surface area contributed by atoms with Gasteiger partial charge in [0, 0.05) is 0 Å². The highest BCUT2D eigenvalue weighted by Crippen LogP contribution is 2.35. The van der Waals surface area contributed by atoms with Crippen LogP contribution in [0, 0.1) is 20.8 Å². The Kier molecular flexibility index (Phi) is 3.09. The number of aromatic nitrogens is 2. The van der Waals surface area contributed by atoms with Crippen molar-refractivity contribution in [3.63, 3.8) is 0 Å². The van der Waals surface area contributed by atoms with E-state index in [0.717, 1.165) is 23.5 Å². The summed E-state index contributed by atoms with van der Waals surface area (Å²) in [5, 5.41) is 0. The lowest BCUT2D eigenvalue weighted by Gasteiger charge is -2.13. The lowest BCUT2D eigenvalue weighted by molar-refractivity contribution is 0.654. The third-order valence-corrected chi connectivity index (χ3v) is 4.28. The minimum Gasteiger partial charge on any atom is -0.255 e. The number of nitrogens with zero attached hydrogens (tertiary/aromatic N) is 2. The average Bonchev–Trinajstić information content (AvgIpc) is 2.80. The van der Waals surface area contributed by atoms with E-state index >= 15 is 0 Å². The van der Waals surface area contributed by atoms with Gasteiger partial charge in [-0.3, -0.25) is 9.97 Å². The zero-order chi connectivity index (χ0) is 13.4. The van der Waals surface area contributed by atoms with Crippen LogP contribution in [0.15, 0.2) is 24.3 Å². The van der Waals surface area contributed by atoms with Gasteiger partial charge in [-0.25, -0.2) is 0 Å². The molecule has 0 saturated heterocycles. The van der Waals surface area contributed by atoms with Crippen molar-refractivity contribution in [3.05, 3.63) is 58.2 Å². The molecule has 0 spiro atoms. The highest BCUT2D eigenvalue weighted by atomic mass is 14.8. The second-order valence-electron chi connectivity index (χ2n) is 5.57. The molecular formula is C17H20N2. The van der Waals surface area contributed by atoms with Gasteiger partial charge in [-0.2, -0.15) is 0 Å². The molecule has 2 heteroatoms. The van der Waals surface area contributed by atoms with Crippen LogP contribution in [0.4, 0.5) is 0 Å². The minimum absolute atomic E-state index is 0.617. The van der Waals surface area contributed by atoms with Crippen LogP contribution in [0.2, 0.25) is 0 Å². The van der Waals surface area contributed by atoms with Crippen LogP contribution in [0.1, 0.15) is 46.2 Å². The molecule has 1 atom stereocenters. The van der Waals surface area contributed by atoms with E-state index in [-0.39, 0.29) is 0 Å². The summed E-state index contributed by atoms with van der Waals surface area (Å²) in [5.41, 5.74) is 7.40. The van der Waals surface area contributed by atoms with Crippen molar-refractivity contribution in [2.45, 2.75) is 46.0 Å². The normalized spacial score (nSPS) is 17.5. The second-order valence-corrected chi connectivity index (χ2v) is 5.57. The van der Waals surface area contributed by atoms with Gasteiger partial charge in [0.2, 0.25) is 0 Å². The predicted molar refractivity (Wildman–Crippen MR) is 77.5 cm³/mol. The molecule has 0 amide bonds. The number of hydrogen-bond donors (Lipinski definition) is 0. The number of rotatable bonds is 2. The Morgan fingerprint density at radius 2 is 1.74 bits per heavy atom. The highest BCUT2D eigenvalue weighted by Gasteiger charge is 2.23. The number of benzene rings is 1. The van der Waals surface area contributed by atoms with E-state index in [2.05, 4.69) is 36.2 Å². The van der Waals surface area contributed by atoms with Crippen molar-refractivity contribution >= 4 is 0 Å². The van der Waals surface area contributed by atoms with Crippen LogP contribution in [0.3, 0.4) is 0 Å². The smallest absolute Gasteiger partial charge is 0.0625 e. The first-order valence-corrected chi connectivity index (χ1v) is 7.03. The largest absolute Gasteiger partial charge is 0.255 e. The Morgan fingerprint density at radius 3 is 2.58 bits per heavy atom. The predicted octanol–water partition coefficient (Wildman–Crippen LogP) is 3.67. The summed E-state index contributed by atoms with van der Waals surface area (Å²) in [4.78, 5) is 9.35. The zero-order valence-corrected chi connectivity index (χ0v) is 11.9. The van der Waals surface area contributed by atoms with Crippen molar-refractivity contribution in [2.24, 2.45) is 0 Å². The Hall–Kier alpha value is -1.70. The zero-order valence-electron chi connectivity index (χ0n) is 11.9. The van der Waals surface area contributed by atoms with Crippen molar-refractivity contribution in [2.75, 3.05) is 0 Å². The molecule has 1 heterocycles. The van der Waals surface area contributed by atoms with Crippen molar-refractivity contribution in [1.82, 2.24) is 9.97 Å². The van der Waals surface area contributed by atoms with Crippen LogP contribution in [0.25, 0.3) is 0 Å². The maximum Gasteiger partial charge on any atom is 0.0625 e. The second kappa shape index (κ2) is 4.76. The van der Waals surface area contributed by atoms with E-state index < -0.39 is 0 Å². The van der Waals surface area contributed by atoms with Crippen molar-refractivity contribution in [3.8, 4) is 0 Å². The molecule has 0 fully saturated rings. The lowest BCUT2D eigenvalue weighted by atomic mass is 9.95. The summed E-state index contributed by atoms with van der Waals surface area (Å²) in [5.74, 6) is 0.617. The molecule has 2 aromatic rings. The standard InChI is InChI=1S/C17H20N2/c1-11-12(2)19-17(13(3)18-11)10-15-9-8-14-6-4-5-7-16(14)15/h4-7,15H,8-10H2,1-3H3. The van der Waals surface area contributed by atoms with Gasteiger partial charge in [-0.05, 0) is 57.1 Å². The fourth-order valence-corrected chi connectivity index (χ4v) is 3.05. The lowest BCUT2D eigenvalue weighted by Crippen LogP contribution is -2.07. The summed E-state index contributed by atoms with van der Waals surface area (Å²) in [6.07, 6.45) is 3.47. The van der Waals surface area contributed by atoms with Gasteiger partial charge < -0.3 is 0 Å². The van der Waals surface area contributed by atoms with Crippen LogP contribution >= 0.6 is 0 Å². The Labute approximate surface area is 114 Å². The average molecular weight is 252 g/mol.